The van der Waals surface area contributed by atoms with Crippen LogP contribution >= 0.6 is 0 Å². The van der Waals surface area contributed by atoms with Gasteiger partial charge in [0.2, 0.25) is 5.78 Å². The SMILES string of the molecule is N#C/C(=C\c1cccc(OCc2ccccc2)c1)C(=O)c1ccccc1F. The maximum Gasteiger partial charge on any atom is 0.206 e. The van der Waals surface area contributed by atoms with E-state index in [1.807, 2.05) is 36.4 Å². The second kappa shape index (κ2) is 8.59. The van der Waals surface area contributed by atoms with E-state index in [1.165, 1.54) is 24.3 Å². The Bertz CT molecular complexity index is 1020. The van der Waals surface area contributed by atoms with Crippen LogP contribution in [0, 0.1) is 17.1 Å². The van der Waals surface area contributed by atoms with Crippen LogP contribution in [0.5, 0.6) is 5.75 Å². The maximum absolute atomic E-state index is 13.8. The number of ketones is 1. The molecule has 0 atom stereocenters. The van der Waals surface area contributed by atoms with Crippen LogP contribution in [-0.2, 0) is 6.61 Å². The fourth-order valence-corrected chi connectivity index (χ4v) is 2.54. The van der Waals surface area contributed by atoms with Gasteiger partial charge >= 0.3 is 0 Å². The summed E-state index contributed by atoms with van der Waals surface area (Å²) in [5.74, 6) is -0.682. The number of Topliss-reactive ketones (excluding diaryl/α,β-unsaturated/α-hetero) is 1. The number of nitriles is 1. The van der Waals surface area contributed by atoms with E-state index < -0.39 is 11.6 Å². The topological polar surface area (TPSA) is 50.1 Å². The number of allylic oxidation sites excluding steroid dienone is 1. The first kappa shape index (κ1) is 18.1. The number of ether oxygens (including phenoxy) is 1. The summed E-state index contributed by atoms with van der Waals surface area (Å²) in [6.07, 6.45) is 1.43. The molecule has 0 heterocycles. The smallest absolute Gasteiger partial charge is 0.206 e. The molecule has 0 aliphatic heterocycles. The van der Waals surface area contributed by atoms with E-state index >= 15 is 0 Å². The highest BCUT2D eigenvalue weighted by molar-refractivity contribution is 6.14. The Kier molecular flexibility index (Phi) is 5.76. The van der Waals surface area contributed by atoms with E-state index in [0.29, 0.717) is 17.9 Å². The normalized spacial score (nSPS) is 10.9. The Hall–Kier alpha value is -3.71. The minimum absolute atomic E-state index is 0.123. The molecule has 0 amide bonds. The molecule has 0 radical (unpaired) electrons. The number of nitrogens with zero attached hydrogens (tertiary/aromatic N) is 1. The van der Waals surface area contributed by atoms with Gasteiger partial charge in [0.1, 0.15) is 29.8 Å². The van der Waals surface area contributed by atoms with Gasteiger partial charge in [-0.15, -0.1) is 0 Å². The molecule has 3 aromatic carbocycles. The van der Waals surface area contributed by atoms with E-state index in [2.05, 4.69) is 0 Å². The predicted octanol–water partition coefficient (Wildman–Crippen LogP) is 5.19. The number of benzene rings is 3. The molecule has 0 saturated heterocycles. The van der Waals surface area contributed by atoms with Gasteiger partial charge in [0, 0.05) is 0 Å². The van der Waals surface area contributed by atoms with Gasteiger partial charge in [-0.25, -0.2) is 4.39 Å². The lowest BCUT2D eigenvalue weighted by molar-refractivity contribution is 0.103. The minimum atomic E-state index is -0.649. The minimum Gasteiger partial charge on any atom is -0.489 e. The average Bonchev–Trinajstić information content (AvgIpc) is 2.71. The van der Waals surface area contributed by atoms with E-state index in [0.717, 1.165) is 5.56 Å². The Labute approximate surface area is 157 Å². The molecule has 0 saturated carbocycles. The third-order valence-electron chi connectivity index (χ3n) is 3.90. The number of rotatable bonds is 6. The van der Waals surface area contributed by atoms with Crippen molar-refractivity contribution in [3.8, 4) is 11.8 Å². The molecule has 27 heavy (non-hydrogen) atoms. The molecule has 3 rings (SSSR count). The summed E-state index contributed by atoms with van der Waals surface area (Å²) in [4.78, 5) is 12.4. The molecule has 0 aliphatic carbocycles. The summed E-state index contributed by atoms with van der Waals surface area (Å²) < 4.78 is 19.6. The Morgan fingerprint density at radius 2 is 1.74 bits per heavy atom. The van der Waals surface area contributed by atoms with Crippen LogP contribution in [0.1, 0.15) is 21.5 Å². The third kappa shape index (κ3) is 4.68. The summed E-state index contributed by atoms with van der Waals surface area (Å²) in [6.45, 7) is 0.410. The van der Waals surface area contributed by atoms with E-state index in [1.54, 1.807) is 30.3 Å². The maximum atomic E-state index is 13.8. The highest BCUT2D eigenvalue weighted by atomic mass is 19.1. The van der Waals surface area contributed by atoms with Crippen molar-refractivity contribution in [3.05, 3.63) is 107 Å². The monoisotopic (exact) mass is 357 g/mol. The first-order valence-electron chi connectivity index (χ1n) is 8.35. The van der Waals surface area contributed by atoms with Gasteiger partial charge in [-0.1, -0.05) is 54.6 Å². The predicted molar refractivity (Wildman–Crippen MR) is 102 cm³/mol. The van der Waals surface area contributed by atoms with Crippen molar-refractivity contribution < 1.29 is 13.9 Å². The molecule has 0 aliphatic rings. The van der Waals surface area contributed by atoms with Gasteiger partial charge in [-0.3, -0.25) is 4.79 Å². The van der Waals surface area contributed by atoms with E-state index in [4.69, 9.17) is 4.74 Å². The van der Waals surface area contributed by atoms with Gasteiger partial charge in [-0.05, 0) is 41.5 Å². The summed E-state index contributed by atoms with van der Waals surface area (Å²) in [5, 5.41) is 9.34. The van der Waals surface area contributed by atoms with Crippen LogP contribution in [0.3, 0.4) is 0 Å². The van der Waals surface area contributed by atoms with E-state index in [-0.39, 0.29) is 11.1 Å². The standard InChI is InChI=1S/C23H16FNO2/c24-22-12-5-4-11-21(22)23(26)19(15-25)13-18-9-6-10-20(14-18)27-16-17-7-2-1-3-8-17/h1-14H,16H2/b19-13+. The van der Waals surface area contributed by atoms with Gasteiger partial charge in [0.25, 0.3) is 0 Å². The van der Waals surface area contributed by atoms with E-state index in [9.17, 15) is 14.4 Å². The second-order valence-electron chi connectivity index (χ2n) is 5.83. The molecule has 4 heteroatoms. The van der Waals surface area contributed by atoms with Gasteiger partial charge in [-0.2, -0.15) is 5.26 Å². The Balaban J connectivity index is 1.80. The molecule has 132 valence electrons. The molecule has 0 fully saturated rings. The zero-order valence-electron chi connectivity index (χ0n) is 14.4. The molecule has 0 bridgehead atoms. The molecular weight excluding hydrogens is 341 g/mol. The van der Waals surface area contributed by atoms with Crippen molar-refractivity contribution in [2.45, 2.75) is 6.61 Å². The highest BCUT2D eigenvalue weighted by Crippen LogP contribution is 2.19. The largest absolute Gasteiger partial charge is 0.489 e. The number of carbonyl (C=O) groups is 1. The third-order valence-corrected chi connectivity index (χ3v) is 3.90. The summed E-state index contributed by atoms with van der Waals surface area (Å²) in [5.41, 5.74) is 1.40. The molecular formula is C23H16FNO2. The van der Waals surface area contributed by atoms with Crippen molar-refractivity contribution in [2.24, 2.45) is 0 Å². The molecule has 0 N–H and O–H groups in total. The van der Waals surface area contributed by atoms with Crippen molar-refractivity contribution in [3.63, 3.8) is 0 Å². The van der Waals surface area contributed by atoms with Crippen LogP contribution in [0.15, 0.2) is 84.4 Å². The molecule has 3 aromatic rings. The van der Waals surface area contributed by atoms with Crippen molar-refractivity contribution >= 4 is 11.9 Å². The Morgan fingerprint density at radius 3 is 2.48 bits per heavy atom. The fourth-order valence-electron chi connectivity index (χ4n) is 2.54. The van der Waals surface area contributed by atoms with Crippen molar-refractivity contribution in [1.82, 2.24) is 0 Å². The van der Waals surface area contributed by atoms with Crippen LogP contribution in [0.2, 0.25) is 0 Å². The quantitative estimate of drug-likeness (QED) is 0.346. The summed E-state index contributed by atoms with van der Waals surface area (Å²) in [6, 6.07) is 24.3. The molecule has 0 unspecified atom stereocenters. The van der Waals surface area contributed by atoms with Crippen LogP contribution in [-0.4, -0.2) is 5.78 Å². The summed E-state index contributed by atoms with van der Waals surface area (Å²) in [7, 11) is 0. The number of halogens is 1. The summed E-state index contributed by atoms with van der Waals surface area (Å²) >= 11 is 0. The number of hydrogen-bond donors (Lipinski definition) is 0. The zero-order valence-corrected chi connectivity index (χ0v) is 14.4. The first-order chi connectivity index (χ1) is 13.2. The van der Waals surface area contributed by atoms with Crippen LogP contribution in [0.4, 0.5) is 4.39 Å². The van der Waals surface area contributed by atoms with Crippen molar-refractivity contribution in [1.29, 1.82) is 5.26 Å². The van der Waals surface area contributed by atoms with Gasteiger partial charge in [0.05, 0.1) is 5.56 Å². The number of hydrogen-bond acceptors (Lipinski definition) is 3. The molecule has 0 aromatic heterocycles. The number of carbonyl (C=O) groups excluding carboxylic acids is 1. The van der Waals surface area contributed by atoms with Crippen molar-refractivity contribution in [2.75, 3.05) is 0 Å². The molecule has 3 nitrogen and oxygen atoms in total. The lowest BCUT2D eigenvalue weighted by atomic mass is 10.0. The fraction of sp³-hybridized carbons (Fsp3) is 0.0435. The highest BCUT2D eigenvalue weighted by Gasteiger charge is 2.16. The van der Waals surface area contributed by atoms with Gasteiger partial charge < -0.3 is 4.74 Å². The van der Waals surface area contributed by atoms with Crippen LogP contribution in [0.25, 0.3) is 6.08 Å². The average molecular weight is 357 g/mol. The first-order valence-corrected chi connectivity index (χ1v) is 8.35. The Morgan fingerprint density at radius 1 is 1.00 bits per heavy atom. The second-order valence-corrected chi connectivity index (χ2v) is 5.83. The molecule has 0 spiro atoms. The van der Waals surface area contributed by atoms with Crippen LogP contribution < -0.4 is 4.74 Å². The lowest BCUT2D eigenvalue weighted by Gasteiger charge is -2.07. The van der Waals surface area contributed by atoms with Gasteiger partial charge in [0.15, 0.2) is 0 Å². The zero-order chi connectivity index (χ0) is 19.1. The lowest BCUT2D eigenvalue weighted by Crippen LogP contribution is -2.04.